The van der Waals surface area contributed by atoms with E-state index < -0.39 is 0 Å². The Bertz CT molecular complexity index is 633. The van der Waals surface area contributed by atoms with Crippen LogP contribution in [-0.2, 0) is 6.54 Å². The average Bonchev–Trinajstić information content (AvgIpc) is 2.83. The predicted octanol–water partition coefficient (Wildman–Crippen LogP) is 1.50. The van der Waals surface area contributed by atoms with Crippen LogP contribution in [-0.4, -0.2) is 33.0 Å². The molecule has 1 heterocycles. The molecule has 7 heteroatoms. The van der Waals surface area contributed by atoms with Crippen LogP contribution in [0.25, 0.3) is 0 Å². The summed E-state index contributed by atoms with van der Waals surface area (Å²) in [7, 11) is 0. The third kappa shape index (κ3) is 3.62. The van der Waals surface area contributed by atoms with E-state index in [0.717, 1.165) is 0 Å². The lowest BCUT2D eigenvalue weighted by Crippen LogP contribution is -2.28. The third-order valence-corrected chi connectivity index (χ3v) is 2.86. The number of tetrazole rings is 1. The second kappa shape index (κ2) is 6.92. The van der Waals surface area contributed by atoms with Crippen LogP contribution in [0.15, 0.2) is 29.1 Å². The topological polar surface area (TPSA) is 71.2 Å². The van der Waals surface area contributed by atoms with Gasteiger partial charge in [0, 0.05) is 0 Å². The number of nitrogens with zero attached hydrogens (tertiary/aromatic N) is 4. The van der Waals surface area contributed by atoms with Gasteiger partial charge in [-0.1, -0.05) is 12.1 Å². The normalized spacial score (nSPS) is 10.9. The molecule has 0 saturated carbocycles. The fraction of sp³-hybridized carbons (Fsp3) is 0.500. The highest BCUT2D eigenvalue weighted by molar-refractivity contribution is 5.39. The second-order valence-corrected chi connectivity index (χ2v) is 4.75. The molecule has 0 radical (unpaired) electrons. The van der Waals surface area contributed by atoms with E-state index in [2.05, 4.69) is 10.4 Å². The molecule has 0 aliphatic heterocycles. The van der Waals surface area contributed by atoms with Gasteiger partial charge < -0.3 is 9.47 Å². The van der Waals surface area contributed by atoms with Crippen LogP contribution in [0, 0.1) is 0 Å². The molecule has 0 fully saturated rings. The van der Waals surface area contributed by atoms with Crippen molar-refractivity contribution in [2.45, 2.75) is 33.4 Å². The molecule has 0 aliphatic carbocycles. The van der Waals surface area contributed by atoms with Gasteiger partial charge in [-0.2, -0.15) is 9.36 Å². The molecule has 1 aromatic carbocycles. The summed E-state index contributed by atoms with van der Waals surface area (Å²) in [5, 5.41) is 7.66. The van der Waals surface area contributed by atoms with E-state index >= 15 is 0 Å². The zero-order valence-electron chi connectivity index (χ0n) is 12.5. The van der Waals surface area contributed by atoms with Crippen LogP contribution in [0.1, 0.15) is 26.8 Å². The Morgan fingerprint density at radius 3 is 2.38 bits per heavy atom. The summed E-state index contributed by atoms with van der Waals surface area (Å²) in [5.41, 5.74) is -0.230. The minimum absolute atomic E-state index is 0.00847. The Hall–Kier alpha value is -2.31. The number of hydrogen-bond acceptors (Lipinski definition) is 5. The maximum Gasteiger partial charge on any atom is 0.364 e. The fourth-order valence-corrected chi connectivity index (χ4v) is 1.84. The Morgan fingerprint density at radius 2 is 1.81 bits per heavy atom. The van der Waals surface area contributed by atoms with Gasteiger partial charge in [0.1, 0.15) is 6.61 Å². The van der Waals surface area contributed by atoms with E-state index in [1.165, 1.54) is 9.36 Å². The molecule has 0 saturated heterocycles. The van der Waals surface area contributed by atoms with E-state index in [-0.39, 0.29) is 11.7 Å². The number of para-hydroxylation sites is 2. The predicted molar refractivity (Wildman–Crippen MR) is 77.8 cm³/mol. The van der Waals surface area contributed by atoms with E-state index in [0.29, 0.717) is 31.3 Å². The summed E-state index contributed by atoms with van der Waals surface area (Å²) in [4.78, 5) is 11.9. The Morgan fingerprint density at radius 1 is 1.14 bits per heavy atom. The van der Waals surface area contributed by atoms with Gasteiger partial charge in [0.25, 0.3) is 0 Å². The first-order chi connectivity index (χ1) is 10.1. The Kier molecular flexibility index (Phi) is 4.97. The summed E-state index contributed by atoms with van der Waals surface area (Å²) in [6, 6.07) is 7.43. The molecule has 0 aliphatic rings. The quantitative estimate of drug-likeness (QED) is 0.773. The van der Waals surface area contributed by atoms with Crippen molar-refractivity contribution in [3.05, 3.63) is 34.7 Å². The number of ether oxygens (including phenoxy) is 2. The summed E-state index contributed by atoms with van der Waals surface area (Å²) >= 11 is 0. The molecule has 2 rings (SSSR count). The minimum Gasteiger partial charge on any atom is -0.490 e. The molecular weight excluding hydrogens is 272 g/mol. The summed E-state index contributed by atoms with van der Waals surface area (Å²) < 4.78 is 13.8. The van der Waals surface area contributed by atoms with Crippen LogP contribution in [0.4, 0.5) is 0 Å². The largest absolute Gasteiger partial charge is 0.490 e. The highest BCUT2D eigenvalue weighted by Crippen LogP contribution is 2.26. The first-order valence-corrected chi connectivity index (χ1v) is 7.00. The molecule has 114 valence electrons. The lowest BCUT2D eigenvalue weighted by molar-refractivity contribution is 0.260. The smallest absolute Gasteiger partial charge is 0.364 e. The van der Waals surface area contributed by atoms with Gasteiger partial charge in [-0.25, -0.2) is 4.79 Å². The summed E-state index contributed by atoms with van der Waals surface area (Å²) in [5.74, 6) is 1.35. The van der Waals surface area contributed by atoms with Crippen molar-refractivity contribution in [3.63, 3.8) is 0 Å². The van der Waals surface area contributed by atoms with Crippen LogP contribution in [0.5, 0.6) is 11.5 Å². The molecule has 0 N–H and O–H groups in total. The van der Waals surface area contributed by atoms with Crippen molar-refractivity contribution in [1.82, 2.24) is 19.8 Å². The average molecular weight is 292 g/mol. The van der Waals surface area contributed by atoms with Crippen molar-refractivity contribution in [2.75, 3.05) is 13.2 Å². The zero-order valence-corrected chi connectivity index (χ0v) is 12.5. The van der Waals surface area contributed by atoms with Crippen molar-refractivity contribution in [2.24, 2.45) is 0 Å². The van der Waals surface area contributed by atoms with Crippen molar-refractivity contribution >= 4 is 0 Å². The van der Waals surface area contributed by atoms with Crippen LogP contribution in [0.3, 0.4) is 0 Å². The van der Waals surface area contributed by atoms with Gasteiger partial charge >= 0.3 is 5.69 Å². The number of benzene rings is 1. The van der Waals surface area contributed by atoms with Gasteiger partial charge in [0.05, 0.1) is 19.2 Å². The van der Waals surface area contributed by atoms with Gasteiger partial charge in [-0.05, 0) is 43.3 Å². The fourth-order valence-electron chi connectivity index (χ4n) is 1.84. The van der Waals surface area contributed by atoms with Crippen molar-refractivity contribution in [1.29, 1.82) is 0 Å². The lowest BCUT2D eigenvalue weighted by Gasteiger charge is -2.11. The summed E-state index contributed by atoms with van der Waals surface area (Å²) in [6.07, 6.45) is 0. The highest BCUT2D eigenvalue weighted by atomic mass is 16.5. The van der Waals surface area contributed by atoms with E-state index in [1.54, 1.807) is 0 Å². The van der Waals surface area contributed by atoms with Crippen molar-refractivity contribution in [3.8, 4) is 11.5 Å². The van der Waals surface area contributed by atoms with Crippen molar-refractivity contribution < 1.29 is 9.47 Å². The Balaban J connectivity index is 1.97. The van der Waals surface area contributed by atoms with E-state index in [4.69, 9.17) is 9.47 Å². The molecule has 7 nitrogen and oxygen atoms in total. The number of aromatic nitrogens is 4. The van der Waals surface area contributed by atoms with E-state index in [9.17, 15) is 4.79 Å². The molecule has 0 atom stereocenters. The molecule has 0 amide bonds. The SMILES string of the molecule is CCOc1ccccc1OCCn1nnn(C(C)C)c1=O. The van der Waals surface area contributed by atoms with Crippen LogP contribution in [0.2, 0.25) is 0 Å². The molecule has 21 heavy (non-hydrogen) atoms. The lowest BCUT2D eigenvalue weighted by atomic mass is 10.3. The van der Waals surface area contributed by atoms with E-state index in [1.807, 2.05) is 45.0 Å². The first kappa shape index (κ1) is 15.1. The van der Waals surface area contributed by atoms with Gasteiger partial charge in [0.2, 0.25) is 0 Å². The maximum absolute atomic E-state index is 11.9. The monoisotopic (exact) mass is 292 g/mol. The molecule has 0 bridgehead atoms. The highest BCUT2D eigenvalue weighted by Gasteiger charge is 2.10. The molecule has 2 aromatic rings. The van der Waals surface area contributed by atoms with Crippen LogP contribution >= 0.6 is 0 Å². The summed E-state index contributed by atoms with van der Waals surface area (Å²) in [6.45, 7) is 6.92. The molecule has 1 aromatic heterocycles. The third-order valence-electron chi connectivity index (χ3n) is 2.86. The number of rotatable bonds is 7. The standard InChI is InChI=1S/C14H20N4O3/c1-4-20-12-7-5-6-8-13(12)21-10-9-17-14(19)18(11(2)3)16-15-17/h5-8,11H,4,9-10H2,1-3H3. The number of hydrogen-bond donors (Lipinski definition) is 0. The van der Waals surface area contributed by atoms with Crippen LogP contribution < -0.4 is 15.2 Å². The van der Waals surface area contributed by atoms with Gasteiger partial charge in [-0.3, -0.25) is 0 Å². The molecular formula is C14H20N4O3. The first-order valence-electron chi connectivity index (χ1n) is 7.00. The van der Waals surface area contributed by atoms with Gasteiger partial charge in [0.15, 0.2) is 11.5 Å². The second-order valence-electron chi connectivity index (χ2n) is 4.75. The minimum atomic E-state index is -0.230. The maximum atomic E-state index is 11.9. The Labute approximate surface area is 123 Å². The molecule has 0 spiro atoms. The molecule has 0 unspecified atom stereocenters. The zero-order chi connectivity index (χ0) is 15.2. The van der Waals surface area contributed by atoms with Gasteiger partial charge in [-0.15, -0.1) is 0 Å².